The van der Waals surface area contributed by atoms with Crippen LogP contribution in [0, 0.1) is 0 Å². The molecule has 0 aromatic carbocycles. The Kier molecular flexibility index (Phi) is 4.29. The Labute approximate surface area is 140 Å². The highest BCUT2D eigenvalue weighted by atomic mass is 16.5. The highest BCUT2D eigenvalue weighted by Crippen LogP contribution is 2.38. The van der Waals surface area contributed by atoms with Crippen molar-refractivity contribution in [2.75, 3.05) is 25.5 Å². The maximum absolute atomic E-state index is 5.34. The number of rotatable bonds is 6. The Morgan fingerprint density at radius 1 is 1.33 bits per heavy atom. The topological polar surface area (TPSA) is 89.2 Å². The summed E-state index contributed by atoms with van der Waals surface area (Å²) in [4.78, 5) is 15.4. The quantitative estimate of drug-likeness (QED) is 0.858. The molecular weight excluding hydrogens is 308 g/mol. The van der Waals surface area contributed by atoms with Crippen LogP contribution in [0.3, 0.4) is 0 Å². The zero-order valence-corrected chi connectivity index (χ0v) is 13.8. The van der Waals surface area contributed by atoms with Crippen LogP contribution in [0.1, 0.15) is 43.3 Å². The number of piperidine rings is 1. The molecule has 2 aromatic rings. The van der Waals surface area contributed by atoms with Gasteiger partial charge in [-0.25, -0.2) is 4.98 Å². The van der Waals surface area contributed by atoms with Crippen molar-refractivity contribution in [2.24, 2.45) is 0 Å². The molecule has 128 valence electrons. The summed E-state index contributed by atoms with van der Waals surface area (Å²) < 4.78 is 10.5. The highest BCUT2D eigenvalue weighted by Gasteiger charge is 2.30. The zero-order chi connectivity index (χ0) is 16.4. The maximum atomic E-state index is 5.34. The van der Waals surface area contributed by atoms with Crippen molar-refractivity contribution in [1.82, 2.24) is 25.0 Å². The fraction of sp³-hybridized carbons (Fsp3) is 0.625. The van der Waals surface area contributed by atoms with E-state index in [4.69, 9.17) is 9.26 Å². The van der Waals surface area contributed by atoms with E-state index >= 15 is 0 Å². The molecule has 3 heterocycles. The summed E-state index contributed by atoms with van der Waals surface area (Å²) >= 11 is 0. The van der Waals surface area contributed by atoms with Gasteiger partial charge in [0.25, 0.3) is 0 Å². The van der Waals surface area contributed by atoms with Crippen molar-refractivity contribution in [3.63, 3.8) is 0 Å². The first-order valence-electron chi connectivity index (χ1n) is 8.48. The van der Waals surface area contributed by atoms with E-state index in [1.165, 1.54) is 12.8 Å². The van der Waals surface area contributed by atoms with Gasteiger partial charge in [-0.2, -0.15) is 9.97 Å². The third kappa shape index (κ3) is 3.64. The van der Waals surface area contributed by atoms with Gasteiger partial charge < -0.3 is 14.6 Å². The fourth-order valence-corrected chi connectivity index (χ4v) is 3.05. The first-order valence-corrected chi connectivity index (χ1v) is 8.48. The summed E-state index contributed by atoms with van der Waals surface area (Å²) in [6, 6.07) is 2.05. The second-order valence-corrected chi connectivity index (χ2v) is 6.46. The number of nitrogens with zero attached hydrogens (tertiary/aromatic N) is 5. The molecule has 0 unspecified atom stereocenters. The molecule has 1 N–H and O–H groups in total. The van der Waals surface area contributed by atoms with Gasteiger partial charge in [-0.1, -0.05) is 5.16 Å². The van der Waals surface area contributed by atoms with E-state index in [0.717, 1.165) is 44.2 Å². The van der Waals surface area contributed by atoms with Crippen molar-refractivity contribution < 1.29 is 9.26 Å². The SMILES string of the molecule is COc1ccnc(N[C@H]2CCCN(Cc3noc(C4CC4)n3)C2)n1. The number of methoxy groups -OCH3 is 1. The van der Waals surface area contributed by atoms with Crippen LogP contribution in [0.5, 0.6) is 5.88 Å². The van der Waals surface area contributed by atoms with Crippen LogP contribution in [0.25, 0.3) is 0 Å². The zero-order valence-electron chi connectivity index (χ0n) is 13.8. The normalized spacial score (nSPS) is 21.6. The van der Waals surface area contributed by atoms with Crippen molar-refractivity contribution in [3.05, 3.63) is 24.0 Å². The largest absolute Gasteiger partial charge is 0.481 e. The van der Waals surface area contributed by atoms with Crippen LogP contribution in [0.15, 0.2) is 16.8 Å². The average molecular weight is 330 g/mol. The summed E-state index contributed by atoms with van der Waals surface area (Å²) in [5.74, 6) is 3.28. The van der Waals surface area contributed by atoms with Crippen molar-refractivity contribution in [2.45, 2.75) is 44.2 Å². The molecule has 1 aliphatic heterocycles. The monoisotopic (exact) mass is 330 g/mol. The lowest BCUT2D eigenvalue weighted by Crippen LogP contribution is -2.42. The molecule has 1 aliphatic carbocycles. The minimum atomic E-state index is 0.306. The fourth-order valence-electron chi connectivity index (χ4n) is 3.05. The molecule has 2 aromatic heterocycles. The van der Waals surface area contributed by atoms with Gasteiger partial charge in [0, 0.05) is 30.8 Å². The van der Waals surface area contributed by atoms with Gasteiger partial charge in [0.1, 0.15) is 0 Å². The maximum Gasteiger partial charge on any atom is 0.229 e. The summed E-state index contributed by atoms with van der Waals surface area (Å²) in [6.07, 6.45) is 6.27. The molecule has 8 nitrogen and oxygen atoms in total. The van der Waals surface area contributed by atoms with Crippen molar-refractivity contribution >= 4 is 5.95 Å². The molecular formula is C16H22N6O2. The van der Waals surface area contributed by atoms with Crippen molar-refractivity contribution in [1.29, 1.82) is 0 Å². The smallest absolute Gasteiger partial charge is 0.229 e. The lowest BCUT2D eigenvalue weighted by Gasteiger charge is -2.32. The minimum Gasteiger partial charge on any atom is -0.481 e. The predicted octanol–water partition coefficient (Wildman–Crippen LogP) is 1.82. The molecule has 1 atom stereocenters. The average Bonchev–Trinajstić information content (AvgIpc) is 3.35. The summed E-state index contributed by atoms with van der Waals surface area (Å²) in [5.41, 5.74) is 0. The molecule has 0 radical (unpaired) electrons. The second-order valence-electron chi connectivity index (χ2n) is 6.46. The van der Waals surface area contributed by atoms with Crippen LogP contribution < -0.4 is 10.1 Å². The third-order valence-corrected chi connectivity index (χ3v) is 4.45. The Bertz CT molecular complexity index is 687. The first kappa shape index (κ1) is 15.3. The second kappa shape index (κ2) is 6.72. The molecule has 0 spiro atoms. The number of aromatic nitrogens is 4. The van der Waals surface area contributed by atoms with Gasteiger partial charge in [0.15, 0.2) is 5.82 Å². The molecule has 0 bridgehead atoms. The minimum absolute atomic E-state index is 0.306. The number of anilines is 1. The van der Waals surface area contributed by atoms with Gasteiger partial charge in [-0.05, 0) is 32.2 Å². The standard InChI is InChI=1S/C16H22N6O2/c1-23-14-6-7-17-16(20-14)18-12-3-2-8-22(9-12)10-13-19-15(24-21-13)11-4-5-11/h6-7,11-12H,2-5,8-10H2,1H3,(H,17,18,20)/t12-/m0/s1. The lowest BCUT2D eigenvalue weighted by atomic mass is 10.1. The predicted molar refractivity (Wildman–Crippen MR) is 86.8 cm³/mol. The van der Waals surface area contributed by atoms with Crippen molar-refractivity contribution in [3.8, 4) is 5.88 Å². The molecule has 1 saturated carbocycles. The molecule has 2 fully saturated rings. The molecule has 24 heavy (non-hydrogen) atoms. The van der Waals surface area contributed by atoms with E-state index in [0.29, 0.717) is 23.8 Å². The van der Waals surface area contributed by atoms with Crippen LogP contribution in [0.4, 0.5) is 5.95 Å². The van der Waals surface area contributed by atoms with Crippen LogP contribution in [-0.2, 0) is 6.54 Å². The number of hydrogen-bond acceptors (Lipinski definition) is 8. The Hall–Kier alpha value is -2.22. The Balaban J connectivity index is 1.34. The lowest BCUT2D eigenvalue weighted by molar-refractivity contribution is 0.201. The number of hydrogen-bond donors (Lipinski definition) is 1. The van der Waals surface area contributed by atoms with Gasteiger partial charge in [-0.3, -0.25) is 4.90 Å². The van der Waals surface area contributed by atoms with E-state index in [1.807, 2.05) is 0 Å². The highest BCUT2D eigenvalue weighted by molar-refractivity contribution is 5.29. The molecule has 1 saturated heterocycles. The van der Waals surface area contributed by atoms with E-state index in [-0.39, 0.29) is 0 Å². The van der Waals surface area contributed by atoms with E-state index in [9.17, 15) is 0 Å². The van der Waals surface area contributed by atoms with Crippen LogP contribution in [0.2, 0.25) is 0 Å². The van der Waals surface area contributed by atoms with Gasteiger partial charge in [0.2, 0.25) is 17.7 Å². The number of likely N-dealkylation sites (tertiary alicyclic amines) is 1. The van der Waals surface area contributed by atoms with Gasteiger partial charge >= 0.3 is 0 Å². The Morgan fingerprint density at radius 3 is 3.08 bits per heavy atom. The molecule has 0 amide bonds. The number of nitrogens with one attached hydrogen (secondary N) is 1. The van der Waals surface area contributed by atoms with E-state index in [2.05, 4.69) is 30.3 Å². The van der Waals surface area contributed by atoms with E-state index < -0.39 is 0 Å². The summed E-state index contributed by atoms with van der Waals surface area (Å²) in [7, 11) is 1.61. The Morgan fingerprint density at radius 2 is 2.25 bits per heavy atom. The van der Waals surface area contributed by atoms with Gasteiger partial charge in [-0.15, -0.1) is 0 Å². The van der Waals surface area contributed by atoms with Crippen LogP contribution in [-0.4, -0.2) is 51.2 Å². The first-order chi connectivity index (χ1) is 11.8. The summed E-state index contributed by atoms with van der Waals surface area (Å²) in [6.45, 7) is 2.69. The number of ether oxygens (including phenoxy) is 1. The van der Waals surface area contributed by atoms with Gasteiger partial charge in [0.05, 0.1) is 13.7 Å². The van der Waals surface area contributed by atoms with Crippen LogP contribution >= 0.6 is 0 Å². The van der Waals surface area contributed by atoms with E-state index in [1.54, 1.807) is 19.4 Å². The molecule has 8 heteroatoms. The summed E-state index contributed by atoms with van der Waals surface area (Å²) in [5, 5.41) is 7.51. The third-order valence-electron chi connectivity index (χ3n) is 4.45. The molecule has 4 rings (SSSR count). The molecule has 2 aliphatic rings.